The molecule has 4 nitrogen and oxygen atoms in total. The highest BCUT2D eigenvalue weighted by molar-refractivity contribution is 5.91. The number of hydrogen-bond donors (Lipinski definition) is 1. The van der Waals surface area contributed by atoms with Gasteiger partial charge in [-0.3, -0.25) is 4.79 Å². The lowest BCUT2D eigenvalue weighted by Gasteiger charge is -2.21. The monoisotopic (exact) mass is 248 g/mol. The van der Waals surface area contributed by atoms with E-state index in [2.05, 4.69) is 0 Å². The van der Waals surface area contributed by atoms with Crippen LogP contribution in [0.1, 0.15) is 18.9 Å². The number of carbonyl (C=O) groups is 1. The molecule has 0 amide bonds. The largest absolute Gasteiger partial charge is 0.508 e. The van der Waals surface area contributed by atoms with E-state index < -0.39 is 0 Å². The van der Waals surface area contributed by atoms with Gasteiger partial charge in [-0.1, -0.05) is 0 Å². The molecule has 0 saturated heterocycles. The van der Waals surface area contributed by atoms with Crippen molar-refractivity contribution in [2.24, 2.45) is 0 Å². The van der Waals surface area contributed by atoms with Gasteiger partial charge in [0, 0.05) is 25.0 Å². The van der Waals surface area contributed by atoms with Gasteiger partial charge < -0.3 is 14.6 Å². The van der Waals surface area contributed by atoms with E-state index >= 15 is 0 Å². The molecule has 1 aliphatic heterocycles. The van der Waals surface area contributed by atoms with Crippen LogP contribution < -0.4 is 4.74 Å². The minimum atomic E-state index is -0.0864. The Kier molecular flexibility index (Phi) is 3.55. The number of methoxy groups -OCH3 is 1. The van der Waals surface area contributed by atoms with Gasteiger partial charge in [-0.15, -0.1) is 0 Å². The quantitative estimate of drug-likeness (QED) is 0.891. The first-order chi connectivity index (χ1) is 8.56. The van der Waals surface area contributed by atoms with Crippen molar-refractivity contribution >= 4 is 5.78 Å². The molecule has 0 fully saturated rings. The van der Waals surface area contributed by atoms with Gasteiger partial charge >= 0.3 is 0 Å². The fraction of sp³-hybridized carbons (Fsp3) is 0.357. The maximum absolute atomic E-state index is 11.4. The first-order valence-electron chi connectivity index (χ1n) is 5.84. The number of ether oxygens (including phenoxy) is 2. The van der Waals surface area contributed by atoms with Crippen molar-refractivity contribution in [3.8, 4) is 11.5 Å². The predicted octanol–water partition coefficient (Wildman–Crippen LogP) is 2.21. The van der Waals surface area contributed by atoms with E-state index in [1.54, 1.807) is 13.2 Å². The molecule has 0 saturated carbocycles. The van der Waals surface area contributed by atoms with E-state index in [0.717, 1.165) is 5.56 Å². The molecule has 2 rings (SSSR count). The van der Waals surface area contributed by atoms with Crippen molar-refractivity contribution in [3.63, 3.8) is 0 Å². The van der Waals surface area contributed by atoms with Crippen LogP contribution in [0, 0.1) is 0 Å². The van der Waals surface area contributed by atoms with Gasteiger partial charge in [-0.25, -0.2) is 0 Å². The summed E-state index contributed by atoms with van der Waals surface area (Å²) in [4.78, 5) is 11.4. The second-order valence-electron chi connectivity index (χ2n) is 4.43. The predicted molar refractivity (Wildman–Crippen MR) is 66.6 cm³/mol. The van der Waals surface area contributed by atoms with Gasteiger partial charge in [-0.05, 0) is 24.6 Å². The summed E-state index contributed by atoms with van der Waals surface area (Å²) in [6, 6.07) is 4.98. The Morgan fingerprint density at radius 3 is 2.89 bits per heavy atom. The van der Waals surface area contributed by atoms with Crippen molar-refractivity contribution in [2.75, 3.05) is 7.11 Å². The standard InChI is InChI=1S/C14H16O4/c1-9-3-11(15)8-14(18-9)6-10-4-12(16)7-13(5-10)17-2/h4-5,7-9,16H,3,6H2,1-2H3. The third-order valence-corrected chi connectivity index (χ3v) is 2.73. The molecule has 0 aliphatic carbocycles. The average Bonchev–Trinajstić information content (AvgIpc) is 2.26. The number of allylic oxidation sites excluding steroid dienone is 2. The fourth-order valence-corrected chi connectivity index (χ4v) is 2.01. The average molecular weight is 248 g/mol. The number of carbonyl (C=O) groups excluding carboxylic acids is 1. The third-order valence-electron chi connectivity index (χ3n) is 2.73. The molecule has 1 aromatic carbocycles. The Morgan fingerprint density at radius 2 is 2.22 bits per heavy atom. The maximum atomic E-state index is 11.4. The van der Waals surface area contributed by atoms with Crippen molar-refractivity contribution in [1.29, 1.82) is 0 Å². The van der Waals surface area contributed by atoms with Crippen LogP contribution in [-0.2, 0) is 16.0 Å². The van der Waals surface area contributed by atoms with Crippen LogP contribution >= 0.6 is 0 Å². The molecule has 1 N–H and O–H groups in total. The van der Waals surface area contributed by atoms with Crippen LogP contribution in [0.25, 0.3) is 0 Å². The zero-order valence-electron chi connectivity index (χ0n) is 10.5. The van der Waals surface area contributed by atoms with Crippen LogP contribution in [0.15, 0.2) is 30.0 Å². The first-order valence-corrected chi connectivity index (χ1v) is 5.84. The van der Waals surface area contributed by atoms with Crippen molar-refractivity contribution in [3.05, 3.63) is 35.6 Å². The van der Waals surface area contributed by atoms with E-state index in [1.165, 1.54) is 12.1 Å². The number of phenolic OH excluding ortho intramolecular Hbond substituents is 1. The Hall–Kier alpha value is -1.97. The van der Waals surface area contributed by atoms with E-state index in [9.17, 15) is 9.90 Å². The van der Waals surface area contributed by atoms with Crippen LogP contribution in [0.5, 0.6) is 11.5 Å². The minimum absolute atomic E-state index is 0.0795. The highest BCUT2D eigenvalue weighted by Crippen LogP contribution is 2.25. The molecule has 0 aromatic heterocycles. The van der Waals surface area contributed by atoms with Crippen molar-refractivity contribution < 1.29 is 19.4 Å². The van der Waals surface area contributed by atoms with Crippen LogP contribution in [0.4, 0.5) is 0 Å². The second kappa shape index (κ2) is 5.12. The third kappa shape index (κ3) is 3.03. The Morgan fingerprint density at radius 1 is 1.44 bits per heavy atom. The number of benzene rings is 1. The number of rotatable bonds is 3. The molecule has 0 spiro atoms. The van der Waals surface area contributed by atoms with Gasteiger partial charge in [0.05, 0.1) is 7.11 Å². The zero-order valence-corrected chi connectivity index (χ0v) is 10.5. The zero-order chi connectivity index (χ0) is 13.1. The molecular weight excluding hydrogens is 232 g/mol. The Bertz CT molecular complexity index is 491. The molecule has 1 unspecified atom stereocenters. The number of hydrogen-bond acceptors (Lipinski definition) is 4. The highest BCUT2D eigenvalue weighted by Gasteiger charge is 2.18. The molecule has 96 valence electrons. The number of phenols is 1. The summed E-state index contributed by atoms with van der Waals surface area (Å²) in [6.45, 7) is 1.87. The summed E-state index contributed by atoms with van der Waals surface area (Å²) in [5.74, 6) is 1.43. The highest BCUT2D eigenvalue weighted by atomic mass is 16.5. The Labute approximate surface area is 106 Å². The van der Waals surface area contributed by atoms with Crippen LogP contribution in [0.3, 0.4) is 0 Å². The molecular formula is C14H16O4. The normalized spacial score (nSPS) is 19.1. The van der Waals surface area contributed by atoms with Gasteiger partial charge in [0.1, 0.15) is 23.4 Å². The smallest absolute Gasteiger partial charge is 0.162 e. The van der Waals surface area contributed by atoms with E-state index in [4.69, 9.17) is 9.47 Å². The van der Waals surface area contributed by atoms with Gasteiger partial charge in [0.2, 0.25) is 0 Å². The van der Waals surface area contributed by atoms with E-state index in [-0.39, 0.29) is 17.6 Å². The summed E-state index contributed by atoms with van der Waals surface area (Å²) in [5.41, 5.74) is 0.847. The maximum Gasteiger partial charge on any atom is 0.162 e. The van der Waals surface area contributed by atoms with E-state index in [1.807, 2.05) is 13.0 Å². The molecule has 0 radical (unpaired) electrons. The van der Waals surface area contributed by atoms with Crippen LogP contribution in [-0.4, -0.2) is 24.1 Å². The van der Waals surface area contributed by atoms with Gasteiger partial charge in [0.25, 0.3) is 0 Å². The number of ketones is 1. The molecule has 1 heterocycles. The lowest BCUT2D eigenvalue weighted by atomic mass is 10.1. The summed E-state index contributed by atoms with van der Waals surface area (Å²) in [6.07, 6.45) is 2.33. The summed E-state index contributed by atoms with van der Waals surface area (Å²) < 4.78 is 10.7. The minimum Gasteiger partial charge on any atom is -0.508 e. The topological polar surface area (TPSA) is 55.8 Å². The molecule has 1 aliphatic rings. The summed E-state index contributed by atoms with van der Waals surface area (Å²) in [5, 5.41) is 9.55. The molecule has 18 heavy (non-hydrogen) atoms. The molecule has 4 heteroatoms. The van der Waals surface area contributed by atoms with E-state index in [0.29, 0.717) is 24.4 Å². The lowest BCUT2D eigenvalue weighted by molar-refractivity contribution is -0.118. The first kappa shape index (κ1) is 12.5. The van der Waals surface area contributed by atoms with Crippen molar-refractivity contribution in [1.82, 2.24) is 0 Å². The fourth-order valence-electron chi connectivity index (χ4n) is 2.01. The van der Waals surface area contributed by atoms with Crippen molar-refractivity contribution in [2.45, 2.75) is 25.9 Å². The summed E-state index contributed by atoms with van der Waals surface area (Å²) in [7, 11) is 1.54. The van der Waals surface area contributed by atoms with Gasteiger partial charge in [0.15, 0.2) is 5.78 Å². The molecule has 1 aromatic rings. The number of aromatic hydroxyl groups is 1. The molecule has 0 bridgehead atoms. The Balaban J connectivity index is 2.18. The lowest BCUT2D eigenvalue weighted by Crippen LogP contribution is -2.19. The van der Waals surface area contributed by atoms with Crippen LogP contribution in [0.2, 0.25) is 0 Å². The van der Waals surface area contributed by atoms with Gasteiger partial charge in [-0.2, -0.15) is 0 Å². The second-order valence-corrected chi connectivity index (χ2v) is 4.43. The SMILES string of the molecule is COc1cc(O)cc(CC2=CC(=O)CC(C)O2)c1. The summed E-state index contributed by atoms with van der Waals surface area (Å²) >= 11 is 0. The molecule has 1 atom stereocenters.